The van der Waals surface area contributed by atoms with Crippen LogP contribution in [0.5, 0.6) is 5.75 Å². The Morgan fingerprint density at radius 3 is 2.42 bits per heavy atom. The Bertz CT molecular complexity index is 1790. The van der Waals surface area contributed by atoms with Gasteiger partial charge >= 0.3 is 11.9 Å². The second-order valence-corrected chi connectivity index (χ2v) is 19.1. The van der Waals surface area contributed by atoms with E-state index >= 15 is 0 Å². The number of amides is 1. The van der Waals surface area contributed by atoms with E-state index in [1.807, 2.05) is 28.7 Å². The fourth-order valence-electron chi connectivity index (χ4n) is 12.3. The number of esters is 1. The number of nitrogens with one attached hydrogen (secondary N) is 1. The number of carbonyl (C=O) groups is 4. The molecule has 11 atom stereocenters. The lowest BCUT2D eigenvalue weighted by molar-refractivity contribution is -0.221. The van der Waals surface area contributed by atoms with Crippen LogP contribution in [-0.4, -0.2) is 46.5 Å². The minimum absolute atomic E-state index is 0.0397. The van der Waals surface area contributed by atoms with Crippen molar-refractivity contribution in [2.45, 2.75) is 112 Å². The van der Waals surface area contributed by atoms with Crippen molar-refractivity contribution in [2.24, 2.45) is 61.8 Å². The standard InChI is InChI=1S/C40H53IN4O7/c1-21-8-12-36(3)15-16-38(5)24(32(36)22(21)2)19-28(47)33-37(4)13-10-30(40(7,35(50)51)29(37)9-14-39(33,38)6)52-31(48)11-17-43-34(49)23-18-25(41)26(44-45-42)20-27(23)46/h18-22,29-30,32-33,46H,8-17H2,1-7H3,(H,43,49)(H,50,51)/t21-,22+,29-,30-,32+,33-,36-,37+,38-,39-,40-/m1/s1. The molecule has 5 aliphatic rings. The van der Waals surface area contributed by atoms with Gasteiger partial charge in [-0.1, -0.05) is 52.2 Å². The number of ether oxygens (including phenoxy) is 1. The normalized spacial score (nSPS) is 40.8. The molecule has 3 N–H and O–H groups in total. The van der Waals surface area contributed by atoms with Crippen LogP contribution in [0.2, 0.25) is 0 Å². The summed E-state index contributed by atoms with van der Waals surface area (Å²) in [6.07, 6.45) is 7.74. The summed E-state index contributed by atoms with van der Waals surface area (Å²) >= 11 is 1.89. The van der Waals surface area contributed by atoms with Gasteiger partial charge in [0.15, 0.2) is 5.78 Å². The summed E-state index contributed by atoms with van der Waals surface area (Å²) in [6.45, 7) is 15.6. The maximum absolute atomic E-state index is 14.7. The van der Waals surface area contributed by atoms with E-state index in [1.54, 1.807) is 6.92 Å². The summed E-state index contributed by atoms with van der Waals surface area (Å²) < 4.78 is 6.42. The summed E-state index contributed by atoms with van der Waals surface area (Å²) in [5, 5.41) is 27.3. The van der Waals surface area contributed by atoms with E-state index in [0.29, 0.717) is 40.6 Å². The highest BCUT2D eigenvalue weighted by Gasteiger charge is 2.72. The second-order valence-electron chi connectivity index (χ2n) is 17.9. The summed E-state index contributed by atoms with van der Waals surface area (Å²) in [7, 11) is 0. The lowest BCUT2D eigenvalue weighted by Gasteiger charge is -2.70. The monoisotopic (exact) mass is 828 g/mol. The lowest BCUT2D eigenvalue weighted by Crippen LogP contribution is -2.68. The molecule has 1 aromatic carbocycles. The molecule has 11 nitrogen and oxygen atoms in total. The molecule has 6 rings (SSSR count). The quantitative estimate of drug-likeness (QED) is 0.0808. The SMILES string of the molecule is C[C@H]1[C@H](C)CC[C@]2(C)CC[C@]3(C)C(=CC(=O)[C@@H]4[C@@]5(C)CC[C@@H](OC(=O)CCNC(=O)c6cc(I)c(N=[N+]=[N-])cc6O)[C@](C)(C(=O)O)[C@@H]5CC[C@]43C)[C@H]12. The van der Waals surface area contributed by atoms with E-state index in [1.165, 1.54) is 30.5 Å². The van der Waals surface area contributed by atoms with Crippen molar-refractivity contribution in [3.05, 3.63) is 43.4 Å². The van der Waals surface area contributed by atoms with E-state index in [-0.39, 0.29) is 63.8 Å². The number of phenols is 1. The number of hydrogen-bond donors (Lipinski definition) is 3. The molecule has 0 spiro atoms. The Morgan fingerprint density at radius 2 is 1.75 bits per heavy atom. The van der Waals surface area contributed by atoms with Crippen LogP contribution in [0, 0.1) is 60.2 Å². The van der Waals surface area contributed by atoms with Crippen LogP contribution in [0.1, 0.15) is 117 Å². The Hall–Kier alpha value is -3.12. The third-order valence-corrected chi connectivity index (χ3v) is 16.4. The van der Waals surface area contributed by atoms with Crippen molar-refractivity contribution < 1.29 is 34.1 Å². The number of allylic oxidation sites excluding steroid dienone is 2. The first-order valence-electron chi connectivity index (χ1n) is 18.8. The lowest BCUT2D eigenvalue weighted by atomic mass is 9.33. The molecule has 12 heteroatoms. The molecule has 52 heavy (non-hydrogen) atoms. The van der Waals surface area contributed by atoms with Gasteiger partial charge in [0.2, 0.25) is 0 Å². The number of carbonyl (C=O) groups excluding carboxylic acids is 3. The van der Waals surface area contributed by atoms with Crippen LogP contribution in [0.3, 0.4) is 0 Å². The Labute approximate surface area is 319 Å². The highest BCUT2D eigenvalue weighted by molar-refractivity contribution is 14.1. The molecule has 4 fully saturated rings. The fourth-order valence-corrected chi connectivity index (χ4v) is 12.8. The van der Waals surface area contributed by atoms with Crippen molar-refractivity contribution in [3.8, 4) is 5.75 Å². The van der Waals surface area contributed by atoms with Gasteiger partial charge in [-0.15, -0.1) is 0 Å². The van der Waals surface area contributed by atoms with Crippen molar-refractivity contribution in [3.63, 3.8) is 0 Å². The van der Waals surface area contributed by atoms with E-state index in [4.69, 9.17) is 10.3 Å². The predicted molar refractivity (Wildman–Crippen MR) is 203 cm³/mol. The van der Waals surface area contributed by atoms with Crippen LogP contribution >= 0.6 is 22.6 Å². The number of halogens is 1. The third-order valence-electron chi connectivity index (χ3n) is 15.6. The number of hydrogen-bond acceptors (Lipinski definition) is 7. The van der Waals surface area contributed by atoms with E-state index in [9.17, 15) is 29.4 Å². The van der Waals surface area contributed by atoms with Gasteiger partial charge < -0.3 is 20.3 Å². The number of fused-ring (bicyclic) bond motifs is 7. The predicted octanol–water partition coefficient (Wildman–Crippen LogP) is 8.89. The van der Waals surface area contributed by atoms with Crippen molar-refractivity contribution in [1.82, 2.24) is 5.32 Å². The van der Waals surface area contributed by atoms with Crippen molar-refractivity contribution >= 4 is 51.9 Å². The Balaban J connectivity index is 1.20. The number of nitrogens with zero attached hydrogens (tertiary/aromatic N) is 3. The van der Waals surface area contributed by atoms with Crippen LogP contribution in [-0.2, 0) is 19.1 Å². The maximum Gasteiger partial charge on any atom is 0.313 e. The number of rotatable bonds is 7. The number of phenolic OH excluding ortho intramolecular Hbond substituents is 1. The van der Waals surface area contributed by atoms with Crippen LogP contribution in [0.15, 0.2) is 28.9 Å². The highest BCUT2D eigenvalue weighted by Crippen LogP contribution is 2.75. The Kier molecular flexibility index (Phi) is 9.89. The Morgan fingerprint density at radius 1 is 1.04 bits per heavy atom. The molecule has 1 aromatic rings. The first-order chi connectivity index (χ1) is 24.3. The molecule has 0 heterocycles. The van der Waals surface area contributed by atoms with Crippen LogP contribution < -0.4 is 5.32 Å². The number of aliphatic carboxylic acids is 1. The average molecular weight is 829 g/mol. The van der Waals surface area contributed by atoms with E-state index in [2.05, 4.69) is 56.9 Å². The summed E-state index contributed by atoms with van der Waals surface area (Å²) in [6, 6.07) is 2.58. The first kappa shape index (κ1) is 38.6. The van der Waals surface area contributed by atoms with Gasteiger partial charge in [-0.3, -0.25) is 19.2 Å². The molecule has 0 saturated heterocycles. The highest BCUT2D eigenvalue weighted by atomic mass is 127. The number of aromatic hydroxyl groups is 1. The molecule has 0 unspecified atom stereocenters. The zero-order chi connectivity index (χ0) is 38.2. The summed E-state index contributed by atoms with van der Waals surface area (Å²) in [4.78, 5) is 56.7. The zero-order valence-electron chi connectivity index (χ0n) is 31.4. The van der Waals surface area contributed by atoms with Gasteiger partial charge in [0, 0.05) is 20.9 Å². The van der Waals surface area contributed by atoms with Gasteiger partial charge in [0.25, 0.3) is 5.91 Å². The van der Waals surface area contributed by atoms with Gasteiger partial charge in [0.05, 0.1) is 17.7 Å². The smallest absolute Gasteiger partial charge is 0.313 e. The number of ketones is 1. The summed E-state index contributed by atoms with van der Waals surface area (Å²) in [5.74, 6) is -1.77. The van der Waals surface area contributed by atoms with Gasteiger partial charge in [-0.2, -0.15) is 0 Å². The number of azide groups is 1. The number of carboxylic acid groups (broad SMARTS) is 1. The van der Waals surface area contributed by atoms with E-state index in [0.717, 1.165) is 19.3 Å². The molecule has 0 aromatic heterocycles. The third kappa shape index (κ3) is 5.67. The largest absolute Gasteiger partial charge is 0.507 e. The second kappa shape index (κ2) is 13.3. The molecule has 5 aliphatic carbocycles. The summed E-state index contributed by atoms with van der Waals surface area (Å²) in [5.41, 5.74) is 7.89. The van der Waals surface area contributed by atoms with Crippen LogP contribution in [0.25, 0.3) is 10.4 Å². The molecule has 0 bridgehead atoms. The number of benzene rings is 1. The molecule has 1 amide bonds. The molecule has 0 aliphatic heterocycles. The number of carboxylic acids is 1. The van der Waals surface area contributed by atoms with E-state index < -0.39 is 34.8 Å². The molecule has 0 radical (unpaired) electrons. The molecular weight excluding hydrogens is 775 g/mol. The zero-order valence-corrected chi connectivity index (χ0v) is 33.6. The van der Waals surface area contributed by atoms with Crippen molar-refractivity contribution in [1.29, 1.82) is 0 Å². The first-order valence-corrected chi connectivity index (χ1v) is 19.9. The minimum Gasteiger partial charge on any atom is -0.507 e. The fraction of sp³-hybridized carbons (Fsp3) is 0.700. The van der Waals surface area contributed by atoms with Gasteiger partial charge in [0.1, 0.15) is 17.3 Å². The molecule has 282 valence electrons. The molecule has 4 saturated carbocycles. The maximum atomic E-state index is 14.7. The van der Waals surface area contributed by atoms with Gasteiger partial charge in [-0.05, 0) is 150 Å². The topological polar surface area (TPSA) is 179 Å². The minimum atomic E-state index is -1.41. The van der Waals surface area contributed by atoms with Gasteiger partial charge in [-0.25, -0.2) is 0 Å². The van der Waals surface area contributed by atoms with Crippen molar-refractivity contribution in [2.75, 3.05) is 6.54 Å². The van der Waals surface area contributed by atoms with Crippen LogP contribution in [0.4, 0.5) is 5.69 Å². The average Bonchev–Trinajstić information content (AvgIpc) is 3.07. The molecular formula is C40H53IN4O7.